The van der Waals surface area contributed by atoms with Crippen molar-refractivity contribution in [2.24, 2.45) is 0 Å². The van der Waals surface area contributed by atoms with Crippen LogP contribution >= 0.6 is 0 Å². The third kappa shape index (κ3) is 4.95. The van der Waals surface area contributed by atoms with Gasteiger partial charge < -0.3 is 4.57 Å². The molecule has 0 unspecified atom stereocenters. The SMILES string of the molecule is c1ccc(-c2nc(-c3ccccc3)nc([Si](c3ccccc3)(c3ccccc3)c3ccc4c5ccccc5n(-c5ccccc5)c4c3)n2)cc1. The molecule has 0 aliphatic heterocycles. The van der Waals surface area contributed by atoms with E-state index < -0.39 is 8.07 Å². The van der Waals surface area contributed by atoms with Crippen LogP contribution in [-0.2, 0) is 0 Å². The van der Waals surface area contributed by atoms with Crippen molar-refractivity contribution in [3.8, 4) is 28.5 Å². The van der Waals surface area contributed by atoms with E-state index in [9.17, 15) is 0 Å². The molecule has 0 aliphatic carbocycles. The molecule has 9 rings (SSSR count). The third-order valence-electron chi connectivity index (χ3n) is 9.57. The summed E-state index contributed by atoms with van der Waals surface area (Å²) >= 11 is 0. The van der Waals surface area contributed by atoms with Crippen molar-refractivity contribution in [1.29, 1.82) is 0 Å². The van der Waals surface area contributed by atoms with Gasteiger partial charge >= 0.3 is 0 Å². The first-order chi connectivity index (χ1) is 24.8. The third-order valence-corrected chi connectivity index (χ3v) is 14.0. The van der Waals surface area contributed by atoms with Gasteiger partial charge in [0.05, 0.1) is 11.0 Å². The largest absolute Gasteiger partial charge is 0.309 e. The van der Waals surface area contributed by atoms with Crippen LogP contribution in [0.4, 0.5) is 0 Å². The topological polar surface area (TPSA) is 43.6 Å². The van der Waals surface area contributed by atoms with Gasteiger partial charge in [-0.25, -0.2) is 15.0 Å². The van der Waals surface area contributed by atoms with Crippen LogP contribution in [0.25, 0.3) is 50.3 Å². The fourth-order valence-corrected chi connectivity index (χ4v) is 11.7. The van der Waals surface area contributed by atoms with Gasteiger partial charge in [0.1, 0.15) is 5.45 Å². The molecule has 50 heavy (non-hydrogen) atoms. The Hall–Kier alpha value is -6.43. The summed E-state index contributed by atoms with van der Waals surface area (Å²) in [6, 6.07) is 68.6. The van der Waals surface area contributed by atoms with Crippen LogP contribution in [0, 0.1) is 0 Å². The van der Waals surface area contributed by atoms with E-state index in [4.69, 9.17) is 15.0 Å². The van der Waals surface area contributed by atoms with Gasteiger partial charge in [0, 0.05) is 27.6 Å². The second kappa shape index (κ2) is 12.5. The Morgan fingerprint density at radius 1 is 0.360 bits per heavy atom. The molecule has 0 spiro atoms. The zero-order valence-electron chi connectivity index (χ0n) is 27.3. The van der Waals surface area contributed by atoms with E-state index in [1.54, 1.807) is 0 Å². The molecule has 0 atom stereocenters. The highest BCUT2D eigenvalue weighted by molar-refractivity contribution is 7.19. The molecule has 2 aromatic heterocycles. The van der Waals surface area contributed by atoms with E-state index >= 15 is 0 Å². The number of fused-ring (bicyclic) bond motifs is 3. The number of benzene rings is 7. The number of hydrogen-bond donors (Lipinski definition) is 0. The fourth-order valence-electron chi connectivity index (χ4n) is 7.30. The van der Waals surface area contributed by atoms with E-state index in [1.165, 1.54) is 31.8 Å². The minimum atomic E-state index is -3.19. The first-order valence-electron chi connectivity index (χ1n) is 16.9. The summed E-state index contributed by atoms with van der Waals surface area (Å²) in [6.45, 7) is 0. The Kier molecular flexibility index (Phi) is 7.45. The maximum absolute atomic E-state index is 5.47. The van der Waals surface area contributed by atoms with Gasteiger partial charge in [0.25, 0.3) is 0 Å². The van der Waals surface area contributed by atoms with Crippen LogP contribution in [0.3, 0.4) is 0 Å². The smallest absolute Gasteiger partial charge is 0.226 e. The van der Waals surface area contributed by atoms with Crippen molar-refractivity contribution in [1.82, 2.24) is 19.5 Å². The van der Waals surface area contributed by atoms with Gasteiger partial charge in [-0.3, -0.25) is 0 Å². The van der Waals surface area contributed by atoms with Gasteiger partial charge in [-0.05, 0) is 39.8 Å². The van der Waals surface area contributed by atoms with Crippen molar-refractivity contribution in [3.63, 3.8) is 0 Å². The predicted molar refractivity (Wildman–Crippen MR) is 209 cm³/mol. The van der Waals surface area contributed by atoms with Gasteiger partial charge in [0.2, 0.25) is 8.07 Å². The number of rotatable bonds is 7. The summed E-state index contributed by atoms with van der Waals surface area (Å²) in [4.78, 5) is 16.0. The van der Waals surface area contributed by atoms with Crippen molar-refractivity contribution in [2.45, 2.75) is 0 Å². The van der Waals surface area contributed by atoms with Crippen LogP contribution in [-0.4, -0.2) is 27.6 Å². The van der Waals surface area contributed by atoms with Gasteiger partial charge in [-0.1, -0.05) is 170 Å². The number of para-hydroxylation sites is 2. The Bertz CT molecular complexity index is 2470. The van der Waals surface area contributed by atoms with E-state index in [-0.39, 0.29) is 0 Å². The molecule has 5 heteroatoms. The zero-order valence-corrected chi connectivity index (χ0v) is 28.3. The molecule has 7 aromatic carbocycles. The molecule has 0 fully saturated rings. The Labute approximate surface area is 292 Å². The summed E-state index contributed by atoms with van der Waals surface area (Å²) in [5.74, 6) is 1.33. The van der Waals surface area contributed by atoms with Crippen LogP contribution in [0.15, 0.2) is 194 Å². The number of nitrogens with zero attached hydrogens (tertiary/aromatic N) is 4. The summed E-state index contributed by atoms with van der Waals surface area (Å²) in [5, 5.41) is 6.05. The molecule has 0 bridgehead atoms. The van der Waals surface area contributed by atoms with Crippen molar-refractivity contribution in [3.05, 3.63) is 194 Å². The minimum absolute atomic E-state index is 0.665. The number of hydrogen-bond acceptors (Lipinski definition) is 3. The second-order valence-corrected chi connectivity index (χ2v) is 16.1. The molecule has 0 amide bonds. The van der Waals surface area contributed by atoms with E-state index in [2.05, 4.69) is 162 Å². The van der Waals surface area contributed by atoms with Crippen molar-refractivity contribution >= 4 is 50.9 Å². The lowest BCUT2D eigenvalue weighted by molar-refractivity contribution is 1.10. The lowest BCUT2D eigenvalue weighted by atomic mass is 10.1. The van der Waals surface area contributed by atoms with Crippen LogP contribution in [0.2, 0.25) is 0 Å². The minimum Gasteiger partial charge on any atom is -0.309 e. The van der Waals surface area contributed by atoms with Crippen LogP contribution in [0.1, 0.15) is 0 Å². The lowest BCUT2D eigenvalue weighted by Crippen LogP contribution is -2.76. The second-order valence-electron chi connectivity index (χ2n) is 12.4. The summed E-state index contributed by atoms with van der Waals surface area (Å²) < 4.78 is 2.39. The Morgan fingerprint density at radius 3 is 1.38 bits per heavy atom. The first-order valence-corrected chi connectivity index (χ1v) is 18.9. The molecule has 0 saturated heterocycles. The van der Waals surface area contributed by atoms with Gasteiger partial charge in [-0.2, -0.15) is 0 Å². The normalized spacial score (nSPS) is 11.6. The summed E-state index contributed by atoms with van der Waals surface area (Å²) in [6.07, 6.45) is 0. The quantitative estimate of drug-likeness (QED) is 0.131. The molecule has 9 aromatic rings. The summed E-state index contributed by atoms with van der Waals surface area (Å²) in [5.41, 5.74) is 6.16. The molecule has 0 radical (unpaired) electrons. The van der Waals surface area contributed by atoms with Crippen molar-refractivity contribution < 1.29 is 0 Å². The molecule has 0 N–H and O–H groups in total. The summed E-state index contributed by atoms with van der Waals surface area (Å²) in [7, 11) is -3.19. The first kappa shape index (κ1) is 29.7. The highest BCUT2D eigenvalue weighted by Gasteiger charge is 2.45. The molecule has 0 saturated carbocycles. The zero-order chi connectivity index (χ0) is 33.3. The fraction of sp³-hybridized carbons (Fsp3) is 0. The molecular weight excluding hydrogens is 625 g/mol. The lowest BCUT2D eigenvalue weighted by Gasteiger charge is -2.32. The average Bonchev–Trinajstić information content (AvgIpc) is 3.54. The van der Waals surface area contributed by atoms with Crippen LogP contribution < -0.4 is 21.0 Å². The standard InChI is InChI=1S/C45H32N4Si/c1-6-18-33(19-7-1)43-46-44(34-20-8-2-9-21-34)48-45(47-43)50(36-24-12-4-13-25-36,37-26-14-5-15-27-37)38-30-31-40-39-28-16-17-29-41(39)49(42(40)32-38)35-22-10-3-11-23-35/h1-32H. The van der Waals surface area contributed by atoms with Gasteiger partial charge in [0.15, 0.2) is 11.6 Å². The van der Waals surface area contributed by atoms with E-state index in [0.29, 0.717) is 11.6 Å². The highest BCUT2D eigenvalue weighted by Crippen LogP contribution is 2.32. The van der Waals surface area contributed by atoms with E-state index in [1.807, 2.05) is 36.4 Å². The highest BCUT2D eigenvalue weighted by atomic mass is 28.3. The monoisotopic (exact) mass is 656 g/mol. The number of aromatic nitrogens is 4. The molecular formula is C45H32N4Si. The van der Waals surface area contributed by atoms with Crippen LogP contribution in [0.5, 0.6) is 0 Å². The average molecular weight is 657 g/mol. The molecule has 4 nitrogen and oxygen atoms in total. The Balaban J connectivity index is 1.43. The molecule has 2 heterocycles. The maximum atomic E-state index is 5.47. The molecule has 0 aliphatic rings. The Morgan fingerprint density at radius 2 is 0.820 bits per heavy atom. The van der Waals surface area contributed by atoms with Crippen molar-refractivity contribution in [2.75, 3.05) is 0 Å². The predicted octanol–water partition coefficient (Wildman–Crippen LogP) is 7.68. The van der Waals surface area contributed by atoms with Gasteiger partial charge in [-0.15, -0.1) is 0 Å². The molecule has 236 valence electrons. The maximum Gasteiger partial charge on any atom is 0.226 e. The van der Waals surface area contributed by atoms with E-state index in [0.717, 1.165) is 27.8 Å².